The van der Waals surface area contributed by atoms with Crippen molar-refractivity contribution >= 4 is 34.0 Å². The van der Waals surface area contributed by atoms with Gasteiger partial charge in [0.25, 0.3) is 0 Å². The Morgan fingerprint density at radius 1 is 1.20 bits per heavy atom. The average Bonchev–Trinajstić information content (AvgIpc) is 3.48. The number of nitrogens with zero attached hydrogens (tertiary/aromatic N) is 6. The Hall–Kier alpha value is -3.60. The highest BCUT2D eigenvalue weighted by Crippen LogP contribution is 2.25. The second-order valence-corrected chi connectivity index (χ2v) is 7.76. The van der Waals surface area contributed by atoms with E-state index in [1.165, 1.54) is 23.5 Å². The van der Waals surface area contributed by atoms with E-state index in [1.54, 1.807) is 23.0 Å². The number of aromatic nitrogens is 5. The van der Waals surface area contributed by atoms with Gasteiger partial charge in [0.05, 0.1) is 5.69 Å². The average molecular weight is 424 g/mol. The molecule has 0 aliphatic carbocycles. The molecule has 0 unspecified atom stereocenters. The second kappa shape index (κ2) is 7.67. The van der Waals surface area contributed by atoms with Gasteiger partial charge < -0.3 is 10.2 Å². The van der Waals surface area contributed by atoms with Gasteiger partial charge in [-0.25, -0.2) is 14.2 Å². The van der Waals surface area contributed by atoms with Gasteiger partial charge in [0.1, 0.15) is 18.0 Å². The van der Waals surface area contributed by atoms with Crippen molar-refractivity contribution in [3.63, 3.8) is 0 Å². The van der Waals surface area contributed by atoms with E-state index in [1.807, 2.05) is 17.5 Å². The molecule has 9 nitrogen and oxygen atoms in total. The monoisotopic (exact) mass is 424 g/mol. The Bertz CT molecular complexity index is 1190. The quantitative estimate of drug-likeness (QED) is 0.523. The van der Waals surface area contributed by atoms with E-state index in [-0.39, 0.29) is 17.9 Å². The molecule has 1 aliphatic heterocycles. The van der Waals surface area contributed by atoms with Gasteiger partial charge in [-0.2, -0.15) is 4.52 Å². The molecular formula is C19H17FN8OS. The number of fused-ring (bicyclic) bond motifs is 1. The van der Waals surface area contributed by atoms with Crippen molar-refractivity contribution in [1.82, 2.24) is 30.1 Å². The van der Waals surface area contributed by atoms with Gasteiger partial charge in [-0.3, -0.25) is 5.32 Å². The zero-order chi connectivity index (χ0) is 20.5. The Kier molecular flexibility index (Phi) is 4.71. The highest BCUT2D eigenvalue weighted by molar-refractivity contribution is 7.14. The fourth-order valence-electron chi connectivity index (χ4n) is 3.38. The maximum Gasteiger partial charge on any atom is 0.321 e. The second-order valence-electron chi connectivity index (χ2n) is 6.90. The number of halogens is 1. The van der Waals surface area contributed by atoms with Gasteiger partial charge in [0.2, 0.25) is 0 Å². The van der Waals surface area contributed by atoms with Crippen molar-refractivity contribution in [3.05, 3.63) is 53.9 Å². The molecule has 0 radical (unpaired) electrons. The fourth-order valence-corrected chi connectivity index (χ4v) is 4.09. The predicted molar refractivity (Wildman–Crippen MR) is 111 cm³/mol. The van der Waals surface area contributed by atoms with Crippen molar-refractivity contribution in [2.45, 2.75) is 12.5 Å². The number of urea groups is 1. The summed E-state index contributed by atoms with van der Waals surface area (Å²) in [4.78, 5) is 18.9. The number of rotatable bonds is 4. The molecule has 0 spiro atoms. The smallest absolute Gasteiger partial charge is 0.321 e. The van der Waals surface area contributed by atoms with Crippen molar-refractivity contribution in [1.29, 1.82) is 0 Å². The zero-order valence-corrected chi connectivity index (χ0v) is 16.5. The third-order valence-electron chi connectivity index (χ3n) is 4.86. The standard InChI is InChI=1S/C19H17FN8OS/c20-13-3-1-12(2-4-13)15-10-30-19(23-15)24-18(29)22-14-7-8-27(9-14)17-6-5-16-25-21-11-28(16)26-17/h1-6,10-11,14H,7-9H2,(H2,22,23,24,29)/t14-/m0/s1. The fraction of sp³-hybridized carbons (Fsp3) is 0.211. The highest BCUT2D eigenvalue weighted by Gasteiger charge is 2.25. The largest absolute Gasteiger partial charge is 0.353 e. The first-order valence-corrected chi connectivity index (χ1v) is 10.2. The van der Waals surface area contributed by atoms with Crippen LogP contribution in [0.2, 0.25) is 0 Å². The minimum Gasteiger partial charge on any atom is -0.353 e. The molecule has 30 heavy (non-hydrogen) atoms. The molecule has 5 rings (SSSR count). The summed E-state index contributed by atoms with van der Waals surface area (Å²) in [6.45, 7) is 1.45. The maximum absolute atomic E-state index is 13.1. The molecule has 1 aliphatic rings. The summed E-state index contributed by atoms with van der Waals surface area (Å²) < 4.78 is 14.7. The SMILES string of the molecule is O=C(Nc1nc(-c2ccc(F)cc2)cs1)N[C@H]1CCN(c2ccc3nncn3n2)C1. The first kappa shape index (κ1) is 18.4. The molecule has 2 N–H and O–H groups in total. The van der Waals surface area contributed by atoms with E-state index in [4.69, 9.17) is 0 Å². The van der Waals surface area contributed by atoms with Gasteiger partial charge in [-0.15, -0.1) is 26.6 Å². The Balaban J connectivity index is 1.18. The molecule has 1 aromatic carbocycles. The number of hydrogen-bond donors (Lipinski definition) is 2. The maximum atomic E-state index is 13.1. The van der Waals surface area contributed by atoms with E-state index >= 15 is 0 Å². The molecule has 0 saturated carbocycles. The molecule has 4 aromatic rings. The van der Waals surface area contributed by atoms with E-state index < -0.39 is 0 Å². The molecule has 1 atom stereocenters. The summed E-state index contributed by atoms with van der Waals surface area (Å²) in [7, 11) is 0. The molecule has 2 amide bonds. The Morgan fingerprint density at radius 2 is 2.07 bits per heavy atom. The van der Waals surface area contributed by atoms with Crippen LogP contribution in [0.1, 0.15) is 6.42 Å². The Morgan fingerprint density at radius 3 is 2.93 bits per heavy atom. The van der Waals surface area contributed by atoms with E-state index in [0.717, 1.165) is 24.3 Å². The van der Waals surface area contributed by atoms with Crippen LogP contribution in [0.25, 0.3) is 16.9 Å². The van der Waals surface area contributed by atoms with Gasteiger partial charge in [0.15, 0.2) is 10.8 Å². The number of nitrogens with one attached hydrogen (secondary N) is 2. The summed E-state index contributed by atoms with van der Waals surface area (Å²) in [6, 6.07) is 9.55. The molecular weight excluding hydrogens is 407 g/mol. The van der Waals surface area contributed by atoms with Crippen LogP contribution in [0, 0.1) is 5.82 Å². The molecule has 4 heterocycles. The zero-order valence-electron chi connectivity index (χ0n) is 15.7. The lowest BCUT2D eigenvalue weighted by molar-refractivity contribution is 0.249. The normalized spacial score (nSPS) is 16.2. The van der Waals surface area contributed by atoms with Gasteiger partial charge >= 0.3 is 6.03 Å². The van der Waals surface area contributed by atoms with Crippen molar-refractivity contribution in [2.24, 2.45) is 0 Å². The highest BCUT2D eigenvalue weighted by atomic mass is 32.1. The molecule has 1 saturated heterocycles. The topological polar surface area (TPSA) is 100 Å². The summed E-state index contributed by atoms with van der Waals surface area (Å²) >= 11 is 1.32. The van der Waals surface area contributed by atoms with Crippen LogP contribution in [0.15, 0.2) is 48.1 Å². The third kappa shape index (κ3) is 3.79. The number of thiazole rings is 1. The van der Waals surface area contributed by atoms with Crippen molar-refractivity contribution in [3.8, 4) is 11.3 Å². The minimum absolute atomic E-state index is 0.0000552. The number of carbonyl (C=O) groups excluding carboxylic acids is 1. The summed E-state index contributed by atoms with van der Waals surface area (Å²) in [5.74, 6) is 0.519. The lowest BCUT2D eigenvalue weighted by atomic mass is 10.2. The van der Waals surface area contributed by atoms with E-state index in [9.17, 15) is 9.18 Å². The Labute approximate surface area is 174 Å². The molecule has 0 bridgehead atoms. The molecule has 11 heteroatoms. The summed E-state index contributed by atoms with van der Waals surface area (Å²) in [6.07, 6.45) is 2.38. The first-order chi connectivity index (χ1) is 14.6. The van der Waals surface area contributed by atoms with Crippen molar-refractivity contribution in [2.75, 3.05) is 23.3 Å². The van der Waals surface area contributed by atoms with Crippen LogP contribution in [0.5, 0.6) is 0 Å². The van der Waals surface area contributed by atoms with Gasteiger partial charge in [0, 0.05) is 30.1 Å². The summed E-state index contributed by atoms with van der Waals surface area (Å²) in [5, 5.41) is 20.3. The minimum atomic E-state index is -0.302. The lowest BCUT2D eigenvalue weighted by Crippen LogP contribution is -2.39. The van der Waals surface area contributed by atoms with Crippen LogP contribution in [-0.2, 0) is 0 Å². The van der Waals surface area contributed by atoms with Crippen LogP contribution >= 0.6 is 11.3 Å². The summed E-state index contributed by atoms with van der Waals surface area (Å²) in [5.41, 5.74) is 2.18. The number of anilines is 2. The number of amides is 2. The van der Waals surface area contributed by atoms with Crippen LogP contribution in [0.4, 0.5) is 20.1 Å². The van der Waals surface area contributed by atoms with Crippen LogP contribution in [0.3, 0.4) is 0 Å². The molecule has 3 aromatic heterocycles. The van der Waals surface area contributed by atoms with E-state index in [2.05, 4.69) is 35.8 Å². The van der Waals surface area contributed by atoms with E-state index in [0.29, 0.717) is 23.0 Å². The van der Waals surface area contributed by atoms with Gasteiger partial charge in [-0.05, 0) is 42.8 Å². The lowest BCUT2D eigenvalue weighted by Gasteiger charge is -2.17. The number of hydrogen-bond acceptors (Lipinski definition) is 7. The number of benzene rings is 1. The van der Waals surface area contributed by atoms with Crippen LogP contribution in [-0.4, -0.2) is 50.0 Å². The van der Waals surface area contributed by atoms with Crippen molar-refractivity contribution < 1.29 is 9.18 Å². The van der Waals surface area contributed by atoms with Gasteiger partial charge in [-0.1, -0.05) is 0 Å². The predicted octanol–water partition coefficient (Wildman–Crippen LogP) is 2.79. The molecule has 152 valence electrons. The molecule has 1 fully saturated rings. The third-order valence-corrected chi connectivity index (χ3v) is 5.62. The van der Waals surface area contributed by atoms with Crippen LogP contribution < -0.4 is 15.5 Å². The number of carbonyl (C=O) groups is 1. The first-order valence-electron chi connectivity index (χ1n) is 9.35.